The van der Waals surface area contributed by atoms with Crippen LogP contribution in [-0.2, 0) is 9.22 Å². The van der Waals surface area contributed by atoms with Gasteiger partial charge < -0.3 is 9.74 Å². The average Bonchev–Trinajstić information content (AvgIpc) is 3.52. The molecular formula is C51H78N2O2Si2. The molecule has 0 radical (unpaired) electrons. The Morgan fingerprint density at radius 3 is 2.33 bits per heavy atom. The van der Waals surface area contributed by atoms with Gasteiger partial charge in [0.1, 0.15) is 0 Å². The van der Waals surface area contributed by atoms with E-state index in [0.29, 0.717) is 29.3 Å². The van der Waals surface area contributed by atoms with Crippen LogP contribution in [0.25, 0.3) is 10.9 Å². The third-order valence-corrected chi connectivity index (χ3v) is 25.7. The molecule has 4 aliphatic rings. The van der Waals surface area contributed by atoms with E-state index in [1.807, 2.05) is 24.4 Å². The lowest BCUT2D eigenvalue weighted by Crippen LogP contribution is -2.55. The second-order valence-electron chi connectivity index (χ2n) is 22.5. The fourth-order valence-corrected chi connectivity index (χ4v) is 18.0. The highest BCUT2D eigenvalue weighted by Gasteiger charge is 2.61. The van der Waals surface area contributed by atoms with Crippen LogP contribution < -0.4 is 10.5 Å². The van der Waals surface area contributed by atoms with Gasteiger partial charge in [0.25, 0.3) is 0 Å². The molecule has 7 rings (SSSR count). The number of pyridine rings is 1. The minimum absolute atomic E-state index is 0.131. The van der Waals surface area contributed by atoms with E-state index < -0.39 is 16.4 Å². The van der Waals surface area contributed by atoms with Gasteiger partial charge in [-0.25, -0.2) is 0 Å². The normalized spacial score (nSPS) is 31.5. The molecule has 4 nitrogen and oxygen atoms in total. The van der Waals surface area contributed by atoms with Crippen LogP contribution in [0, 0.1) is 52.3 Å². The van der Waals surface area contributed by atoms with E-state index in [1.54, 1.807) is 0 Å². The van der Waals surface area contributed by atoms with Crippen molar-refractivity contribution in [3.05, 3.63) is 66.9 Å². The van der Waals surface area contributed by atoms with Gasteiger partial charge in [-0.1, -0.05) is 134 Å². The largest absolute Gasteiger partial charge is 0.414 e. The highest BCUT2D eigenvalue weighted by molar-refractivity contribution is 6.89. The highest BCUT2D eigenvalue weighted by Crippen LogP contribution is 2.68. The smallest absolute Gasteiger partial charge is 0.224 e. The number of amides is 1. The first kappa shape index (κ1) is 42.8. The first-order valence-corrected chi connectivity index (χ1v) is 29.4. The van der Waals surface area contributed by atoms with Crippen LogP contribution in [0.2, 0.25) is 37.3 Å². The summed E-state index contributed by atoms with van der Waals surface area (Å²) < 4.78 is 7.07. The first-order chi connectivity index (χ1) is 26.9. The minimum atomic E-state index is -1.74. The molecule has 6 heteroatoms. The zero-order valence-electron chi connectivity index (χ0n) is 37.6. The lowest BCUT2D eigenvalue weighted by Gasteiger charge is -2.61. The van der Waals surface area contributed by atoms with Crippen molar-refractivity contribution in [3.63, 3.8) is 0 Å². The fraction of sp³-hybridized carbons (Fsp3) is 0.686. The Hall–Kier alpha value is -2.29. The number of hydrogen-bond donors (Lipinski definition) is 1. The van der Waals surface area contributed by atoms with E-state index in [9.17, 15) is 4.79 Å². The Labute approximate surface area is 349 Å². The Bertz CT molecular complexity index is 1830. The molecule has 4 saturated carbocycles. The van der Waals surface area contributed by atoms with Crippen molar-refractivity contribution in [1.82, 2.24) is 4.98 Å². The number of rotatable bonds is 13. The van der Waals surface area contributed by atoms with Crippen LogP contribution in [0.4, 0.5) is 5.69 Å². The van der Waals surface area contributed by atoms with Gasteiger partial charge in [-0.2, -0.15) is 0 Å². The second kappa shape index (κ2) is 16.6. The zero-order valence-corrected chi connectivity index (χ0v) is 39.6. The van der Waals surface area contributed by atoms with E-state index in [2.05, 4.69) is 120 Å². The van der Waals surface area contributed by atoms with Crippen molar-refractivity contribution in [3.8, 4) is 0 Å². The van der Waals surface area contributed by atoms with E-state index >= 15 is 0 Å². The molecule has 0 bridgehead atoms. The molecule has 10 atom stereocenters. The van der Waals surface area contributed by atoms with Gasteiger partial charge in [0.2, 0.25) is 5.91 Å². The van der Waals surface area contributed by atoms with Gasteiger partial charge in [-0.3, -0.25) is 9.78 Å². The topological polar surface area (TPSA) is 51.2 Å². The summed E-state index contributed by atoms with van der Waals surface area (Å²) in [6.07, 6.45) is 19.1. The molecule has 3 aromatic rings. The van der Waals surface area contributed by atoms with E-state index in [1.165, 1.54) is 75.8 Å². The molecule has 0 aliphatic heterocycles. The maximum atomic E-state index is 13.8. The summed E-state index contributed by atoms with van der Waals surface area (Å²) in [6.45, 7) is 25.2. The predicted molar refractivity (Wildman–Crippen MR) is 247 cm³/mol. The summed E-state index contributed by atoms with van der Waals surface area (Å²) in [5.41, 5.74) is 2.69. The standard InChI is InChI=1S/C51H78N2O2Si2/c1-36(17-14-18-37(35-56(7,8)41-21-12-11-13-22-41)33-47(54)53-46-23-15-19-38-20-16-32-52-48(38)46)43-26-27-44-42-25-24-39-34-40(55-57(9,10)49(2,3)4)28-30-50(39,5)45(42)29-31-51(43,44)6/h11-13,15-16,19-23,32,36-37,39-40,42-45H,14,17-18,24-31,33-35H2,1-10H3,(H,53,54)/t36-,37?,39-,40-,42+,43?,44+,45+,50+,51-/m1/s1. The number of carbonyl (C=O) groups is 1. The lowest BCUT2D eigenvalue weighted by molar-refractivity contribution is -0.127. The summed E-state index contributed by atoms with van der Waals surface area (Å²) in [4.78, 5) is 18.4. The average molecular weight is 807 g/mol. The van der Waals surface area contributed by atoms with Gasteiger partial charge in [-0.05, 0) is 140 Å². The third kappa shape index (κ3) is 8.81. The van der Waals surface area contributed by atoms with Crippen LogP contribution in [-0.4, -0.2) is 33.4 Å². The molecule has 0 spiro atoms. The van der Waals surface area contributed by atoms with Crippen molar-refractivity contribution < 1.29 is 9.22 Å². The number of hydrogen-bond acceptors (Lipinski definition) is 3. The van der Waals surface area contributed by atoms with Crippen LogP contribution in [0.3, 0.4) is 0 Å². The predicted octanol–water partition coefficient (Wildman–Crippen LogP) is 13.7. The van der Waals surface area contributed by atoms with Crippen LogP contribution in [0.15, 0.2) is 66.9 Å². The molecule has 312 valence electrons. The molecule has 1 aromatic heterocycles. The molecule has 0 saturated heterocycles. The number of para-hydroxylation sites is 1. The molecule has 2 unspecified atom stereocenters. The summed E-state index contributed by atoms with van der Waals surface area (Å²) in [7, 11) is -3.48. The Balaban J connectivity index is 0.977. The Kier molecular flexibility index (Phi) is 12.5. The minimum Gasteiger partial charge on any atom is -0.414 e. The SMILES string of the molecule is C[C@H](CCCC(CC(=O)Nc1cccc2cccnc12)C[Si](C)(C)c1ccccc1)C1CC[C@H]2[C@@H]3CC[C@@H]4C[C@H](O[Si](C)(C)C(C)(C)C)CC[C@]4(C)[C@H]3CC[C@]12C. The summed E-state index contributed by atoms with van der Waals surface area (Å²) >= 11 is 0. The zero-order chi connectivity index (χ0) is 40.8. The van der Waals surface area contributed by atoms with E-state index in [0.717, 1.165) is 64.6 Å². The summed E-state index contributed by atoms with van der Waals surface area (Å²) in [6, 6.07) is 22.4. The molecule has 1 heterocycles. The van der Waals surface area contributed by atoms with Crippen molar-refractivity contribution in [2.45, 2.75) is 168 Å². The van der Waals surface area contributed by atoms with Gasteiger partial charge in [0.15, 0.2) is 8.32 Å². The molecule has 1 N–H and O–H groups in total. The summed E-state index contributed by atoms with van der Waals surface area (Å²) in [5.74, 6) is 5.66. The lowest BCUT2D eigenvalue weighted by atomic mass is 9.44. The highest BCUT2D eigenvalue weighted by atomic mass is 28.4. The Morgan fingerprint density at radius 1 is 0.860 bits per heavy atom. The maximum absolute atomic E-state index is 13.8. The third-order valence-electron chi connectivity index (χ3n) is 17.7. The van der Waals surface area contributed by atoms with Gasteiger partial charge in [0, 0.05) is 24.1 Å². The molecule has 2 aromatic carbocycles. The summed E-state index contributed by atoms with van der Waals surface area (Å²) in [5, 5.41) is 6.13. The van der Waals surface area contributed by atoms with Crippen molar-refractivity contribution in [2.24, 2.45) is 52.3 Å². The number of nitrogens with zero attached hydrogens (tertiary/aromatic N) is 1. The molecular weight excluding hydrogens is 729 g/mol. The number of benzene rings is 2. The van der Waals surface area contributed by atoms with Crippen molar-refractivity contribution in [1.29, 1.82) is 0 Å². The number of aromatic nitrogens is 1. The molecule has 57 heavy (non-hydrogen) atoms. The van der Waals surface area contributed by atoms with E-state index in [-0.39, 0.29) is 10.9 Å². The van der Waals surface area contributed by atoms with Gasteiger partial charge >= 0.3 is 0 Å². The van der Waals surface area contributed by atoms with Gasteiger partial charge in [-0.15, -0.1) is 0 Å². The number of carbonyl (C=O) groups excluding carboxylic acids is 1. The van der Waals surface area contributed by atoms with Crippen LogP contribution >= 0.6 is 0 Å². The molecule has 1 amide bonds. The fourth-order valence-electron chi connectivity index (χ4n) is 13.5. The number of nitrogens with one attached hydrogen (secondary N) is 1. The van der Waals surface area contributed by atoms with Gasteiger partial charge in [0.05, 0.1) is 19.3 Å². The molecule has 4 aliphatic carbocycles. The quantitative estimate of drug-likeness (QED) is 0.175. The first-order valence-electron chi connectivity index (χ1n) is 23.3. The maximum Gasteiger partial charge on any atom is 0.224 e. The van der Waals surface area contributed by atoms with Crippen molar-refractivity contribution in [2.75, 3.05) is 5.32 Å². The van der Waals surface area contributed by atoms with Crippen LogP contribution in [0.1, 0.15) is 125 Å². The van der Waals surface area contributed by atoms with Crippen molar-refractivity contribution >= 4 is 44.1 Å². The number of anilines is 1. The van der Waals surface area contributed by atoms with E-state index in [4.69, 9.17) is 4.43 Å². The monoisotopic (exact) mass is 807 g/mol. The molecule has 4 fully saturated rings. The van der Waals surface area contributed by atoms with Crippen LogP contribution in [0.5, 0.6) is 0 Å². The second-order valence-corrected chi connectivity index (χ2v) is 32.0. The number of fused-ring (bicyclic) bond motifs is 6. The Morgan fingerprint density at radius 2 is 1.58 bits per heavy atom.